The zero-order chi connectivity index (χ0) is 40.3. The number of hydrogen-bond acceptors (Lipinski definition) is 5. The Kier molecular flexibility index (Phi) is 26.4. The van der Waals surface area contributed by atoms with Crippen LogP contribution in [0.15, 0.2) is 84.9 Å². The van der Waals surface area contributed by atoms with Crippen molar-refractivity contribution in [2.24, 2.45) is 11.8 Å². The number of benzene rings is 5. The normalized spacial score (nSPS) is 13.3. The second kappa shape index (κ2) is 27.3. The molecule has 58 heavy (non-hydrogen) atoms. The van der Waals surface area contributed by atoms with Gasteiger partial charge in [-0.3, -0.25) is 0 Å². The first kappa shape index (κ1) is 56.1. The van der Waals surface area contributed by atoms with Crippen LogP contribution in [0.5, 0.6) is 28.7 Å². The monoisotopic (exact) mass is 986 g/mol. The molecule has 0 radical (unpaired) electrons. The molecule has 0 saturated heterocycles. The Hall–Kier alpha value is 0.0526. The van der Waals surface area contributed by atoms with Gasteiger partial charge in [0.05, 0.1) is 7.11 Å². The minimum absolute atomic E-state index is 0. The Morgan fingerprint density at radius 2 is 1.21 bits per heavy atom. The standard InChI is InChI=1S/C20H24NO.C17H16O4P.C9H12.3Ar.ClH.Ru/c1-14(2)16(4)20(21,17-8-6-15(3)7-9-17)18-10-12-19(22-5)13-11-18;1-10-2-3-11-16(20-8-6-18-11)14(10)15-13(22)5-4-12-17(15)21-9-7-19-12;1-7-4-8(2)6-9(3)5-7;;;;;/h6-8,10-14,16,21H,4H2,1-3,5H3;2-5H,1,6-9,22H2;4-6H,1-3H3;;;;1H;/q-3;-1;;;;;;+1/p-1. The molecule has 0 amide bonds. The van der Waals surface area contributed by atoms with Crippen LogP contribution in [-0.2, 0) is 22.9 Å². The molecule has 0 aliphatic carbocycles. The predicted molar refractivity (Wildman–Crippen MR) is 226 cm³/mol. The third-order valence-corrected chi connectivity index (χ3v) is 9.93. The molecule has 3 atom stereocenters. The van der Waals surface area contributed by atoms with Gasteiger partial charge >= 0.3 is 27.0 Å². The van der Waals surface area contributed by atoms with Gasteiger partial charge in [0.2, 0.25) is 0 Å². The number of fused-ring (bicyclic) bond motifs is 2. The summed E-state index contributed by atoms with van der Waals surface area (Å²) in [5.74, 6) is 3.96. The average molecular weight is 986 g/mol. The fourth-order valence-corrected chi connectivity index (χ4v) is 7.06. The number of aryl methyl sites for hydroxylation is 4. The van der Waals surface area contributed by atoms with E-state index in [2.05, 4.69) is 91.7 Å². The van der Waals surface area contributed by atoms with E-state index in [9.17, 15) is 5.73 Å². The van der Waals surface area contributed by atoms with Gasteiger partial charge in [-0.1, -0.05) is 97.0 Å². The SMILES string of the molecule is Cc1cc(C)cc(C)c1.[Ar].[Ar].[Ar].[CH2-]C(C(C)C)C([NH-])(c1[c-]cc(C)cc1)c1ccc(OC)cc1.[CH2-]c1ccc2c(c1-c1c(P)ccc3c1OCCO3)OCCO2.[Cl][Ru]. The molecule has 0 spiro atoms. The molecule has 6 nitrogen and oxygen atoms in total. The Balaban J connectivity index is 0.000000445. The van der Waals surface area contributed by atoms with Gasteiger partial charge in [0.25, 0.3) is 0 Å². The van der Waals surface area contributed by atoms with Crippen LogP contribution in [0.3, 0.4) is 0 Å². The number of methoxy groups -OCH3 is 1. The zero-order valence-corrected chi connectivity index (χ0v) is 39.7. The topological polar surface area (TPSA) is 70.0 Å². The second-order valence-corrected chi connectivity index (χ2v) is 14.6. The molecule has 0 aromatic heterocycles. The van der Waals surface area contributed by atoms with Crippen LogP contribution in [0.4, 0.5) is 0 Å². The Morgan fingerprint density at radius 3 is 1.67 bits per heavy atom. The van der Waals surface area contributed by atoms with E-state index in [1.165, 1.54) is 16.7 Å². The van der Waals surface area contributed by atoms with E-state index < -0.39 is 5.54 Å². The molecule has 2 aliphatic heterocycles. The van der Waals surface area contributed by atoms with Gasteiger partial charge < -0.3 is 36.3 Å². The summed E-state index contributed by atoms with van der Waals surface area (Å²) in [6.45, 7) is 23.3. The van der Waals surface area contributed by atoms with Gasteiger partial charge in [-0.25, -0.2) is 0 Å². The van der Waals surface area contributed by atoms with Gasteiger partial charge in [0.1, 0.15) is 43.7 Å². The first-order valence-electron chi connectivity index (χ1n) is 18.2. The van der Waals surface area contributed by atoms with Crippen molar-refractivity contribution in [3.05, 3.63) is 150 Å². The molecule has 7 rings (SSSR count). The van der Waals surface area contributed by atoms with E-state index in [0.29, 0.717) is 26.4 Å². The quantitative estimate of drug-likeness (QED) is 0.0963. The van der Waals surface area contributed by atoms with E-state index in [4.69, 9.17) is 23.7 Å². The molecule has 319 valence electrons. The summed E-state index contributed by atoms with van der Waals surface area (Å²) in [4.78, 5) is 0. The summed E-state index contributed by atoms with van der Waals surface area (Å²) in [6.07, 6.45) is 0. The first-order chi connectivity index (χ1) is 26.3. The third-order valence-electron chi connectivity index (χ3n) is 9.45. The first-order valence-corrected chi connectivity index (χ1v) is 21.0. The van der Waals surface area contributed by atoms with Crippen molar-refractivity contribution in [1.82, 2.24) is 0 Å². The van der Waals surface area contributed by atoms with Gasteiger partial charge in [0, 0.05) is 113 Å². The molecular weight excluding hydrogens is 934 g/mol. The number of nitrogens with one attached hydrogen (secondary N) is 1. The average Bonchev–Trinajstić information content (AvgIpc) is 3.18. The second-order valence-electron chi connectivity index (χ2n) is 14.0. The molecular formula is C46H52Ar3ClNO5PRu-4. The van der Waals surface area contributed by atoms with Gasteiger partial charge in [-0.05, 0) is 49.8 Å². The molecule has 1 N–H and O–H groups in total. The van der Waals surface area contributed by atoms with Crippen molar-refractivity contribution in [2.75, 3.05) is 33.5 Å². The third kappa shape index (κ3) is 14.6. The maximum atomic E-state index is 9.20. The fraction of sp³-hybridized carbons (Fsp3) is 0.304. The Morgan fingerprint density at radius 1 is 0.724 bits per heavy atom. The van der Waals surface area contributed by atoms with Crippen molar-refractivity contribution < 1.29 is 154 Å². The van der Waals surface area contributed by atoms with Crippen LogP contribution >= 0.6 is 18.9 Å². The van der Waals surface area contributed by atoms with E-state index in [1.54, 1.807) is 7.11 Å². The minimum atomic E-state index is -0.922. The Bertz CT molecular complexity index is 1910. The van der Waals surface area contributed by atoms with E-state index in [-0.39, 0.29) is 125 Å². The number of rotatable bonds is 6. The fourth-order valence-electron chi connectivity index (χ4n) is 6.69. The van der Waals surface area contributed by atoms with Crippen LogP contribution in [-0.4, -0.2) is 33.5 Å². The van der Waals surface area contributed by atoms with Crippen LogP contribution in [0.2, 0.25) is 0 Å². The van der Waals surface area contributed by atoms with E-state index in [1.807, 2.05) is 91.0 Å². The van der Waals surface area contributed by atoms with Crippen molar-refractivity contribution in [3.8, 4) is 39.9 Å². The molecule has 12 heteroatoms. The molecule has 0 saturated carbocycles. The number of ether oxygens (including phenoxy) is 5. The summed E-state index contributed by atoms with van der Waals surface area (Å²) >= 11 is 1.82. The van der Waals surface area contributed by atoms with E-state index >= 15 is 0 Å². The molecule has 5 aromatic carbocycles. The molecule has 0 bridgehead atoms. The Labute approximate surface area is 453 Å². The van der Waals surface area contributed by atoms with Crippen LogP contribution in [0.1, 0.15) is 52.8 Å². The van der Waals surface area contributed by atoms with Crippen molar-refractivity contribution in [1.29, 1.82) is 0 Å². The van der Waals surface area contributed by atoms with Crippen LogP contribution < -0.4 is 29.0 Å². The maximum absolute atomic E-state index is 9.20. The summed E-state index contributed by atoms with van der Waals surface area (Å²) in [7, 11) is 8.96. The number of halogens is 1. The van der Waals surface area contributed by atoms with Gasteiger partial charge in [-0.15, -0.1) is 14.8 Å². The van der Waals surface area contributed by atoms with Crippen LogP contribution in [0.25, 0.3) is 16.9 Å². The van der Waals surface area contributed by atoms with Gasteiger partial charge in [0.15, 0.2) is 11.5 Å². The molecule has 5 aromatic rings. The molecule has 2 aliphatic rings. The summed E-state index contributed by atoms with van der Waals surface area (Å²) in [5.41, 5.74) is 18.0. The van der Waals surface area contributed by atoms with E-state index in [0.717, 1.165) is 67.4 Å². The molecule has 0 fully saturated rings. The van der Waals surface area contributed by atoms with Crippen molar-refractivity contribution >= 4 is 24.2 Å². The van der Waals surface area contributed by atoms with Crippen LogP contribution in [0, 0.1) is 173 Å². The van der Waals surface area contributed by atoms with Gasteiger partial charge in [-0.2, -0.15) is 59.9 Å². The molecule has 2 heterocycles. The summed E-state index contributed by atoms with van der Waals surface area (Å²) in [6, 6.07) is 31.3. The van der Waals surface area contributed by atoms with Crippen molar-refractivity contribution in [2.45, 2.75) is 47.1 Å². The van der Waals surface area contributed by atoms with Crippen molar-refractivity contribution in [3.63, 3.8) is 0 Å². The predicted octanol–water partition coefficient (Wildman–Crippen LogP) is 11.1. The zero-order valence-electron chi connectivity index (χ0n) is 33.9. The summed E-state index contributed by atoms with van der Waals surface area (Å²) < 4.78 is 28.4. The number of hydrogen-bond donors (Lipinski definition) is 0. The molecule has 3 unspecified atom stereocenters. The summed E-state index contributed by atoms with van der Waals surface area (Å²) in [5, 5.41) is 1.01.